The molecule has 0 amide bonds. The molecule has 8 aromatic carbocycles. The van der Waals surface area contributed by atoms with E-state index in [1.165, 1.54) is 87.0 Å². The minimum absolute atomic E-state index is 0.0712. The predicted molar refractivity (Wildman–Crippen MR) is 291 cm³/mol. The Morgan fingerprint density at radius 2 is 0.843 bits per heavy atom. The van der Waals surface area contributed by atoms with Gasteiger partial charge in [-0.05, 0) is 179 Å². The third kappa shape index (κ3) is 6.14. The van der Waals surface area contributed by atoms with E-state index in [2.05, 4.69) is 221 Å². The lowest BCUT2D eigenvalue weighted by molar-refractivity contribution is -0.0390. The Morgan fingerprint density at radius 1 is 0.400 bits per heavy atom. The molecule has 4 bridgehead atoms. The van der Waals surface area contributed by atoms with Crippen molar-refractivity contribution in [2.24, 2.45) is 23.7 Å². The smallest absolute Gasteiger partial charge is 0.140 e. The van der Waals surface area contributed by atoms with Gasteiger partial charge in [0.15, 0.2) is 0 Å². The molecule has 2 heterocycles. The molecule has 0 atom stereocenters. The first kappa shape index (κ1) is 41.9. The highest BCUT2D eigenvalue weighted by molar-refractivity contribution is 6.15. The first-order valence-corrected chi connectivity index (χ1v) is 25.8. The van der Waals surface area contributed by atoms with Crippen molar-refractivity contribution in [3.63, 3.8) is 0 Å². The van der Waals surface area contributed by atoms with Gasteiger partial charge in [-0.1, -0.05) is 114 Å². The zero-order chi connectivity index (χ0) is 47.3. The van der Waals surface area contributed by atoms with Crippen molar-refractivity contribution < 1.29 is 8.83 Å². The molecule has 0 aliphatic heterocycles. The van der Waals surface area contributed by atoms with E-state index in [9.17, 15) is 0 Å². The summed E-state index contributed by atoms with van der Waals surface area (Å²) in [6.45, 7) is 13.7. The summed E-state index contributed by atoms with van der Waals surface area (Å²) in [5, 5.41) is 4.90. The average Bonchev–Trinajstić information content (AvgIpc) is 4.02. The van der Waals surface area contributed by atoms with Gasteiger partial charge < -0.3 is 18.6 Å². The van der Waals surface area contributed by atoms with Crippen LogP contribution in [0.2, 0.25) is 0 Å². The van der Waals surface area contributed by atoms with E-state index in [-0.39, 0.29) is 16.2 Å². The van der Waals surface area contributed by atoms with Gasteiger partial charge in [-0.25, -0.2) is 0 Å². The number of rotatable bonds is 6. The molecule has 15 rings (SSSR count). The van der Waals surface area contributed by atoms with E-state index in [0.717, 1.165) is 68.3 Å². The molecule has 346 valence electrons. The van der Waals surface area contributed by atoms with Crippen LogP contribution in [0, 0.1) is 23.7 Å². The second-order valence-electron chi connectivity index (χ2n) is 23.4. The normalized spacial score (nSPS) is 21.3. The van der Waals surface area contributed by atoms with Crippen molar-refractivity contribution in [2.45, 2.75) is 89.9 Å². The first-order valence-electron chi connectivity index (χ1n) is 25.8. The molecule has 0 unspecified atom stereocenters. The molecule has 0 radical (unpaired) electrons. The van der Waals surface area contributed by atoms with Crippen molar-refractivity contribution in [3.8, 4) is 11.1 Å². The largest absolute Gasteiger partial charge is 0.456 e. The van der Waals surface area contributed by atoms with Gasteiger partial charge in [0, 0.05) is 78.8 Å². The van der Waals surface area contributed by atoms with Crippen molar-refractivity contribution in [2.75, 3.05) is 9.80 Å². The molecule has 0 saturated heterocycles. The van der Waals surface area contributed by atoms with Crippen LogP contribution < -0.4 is 9.80 Å². The van der Waals surface area contributed by atoms with Crippen LogP contribution in [-0.4, -0.2) is 0 Å². The third-order valence-corrected chi connectivity index (χ3v) is 17.3. The van der Waals surface area contributed by atoms with Gasteiger partial charge in [-0.2, -0.15) is 0 Å². The summed E-state index contributed by atoms with van der Waals surface area (Å²) in [6.07, 6.45) is 6.52. The van der Waals surface area contributed by atoms with Gasteiger partial charge in [0.1, 0.15) is 22.3 Å². The molecule has 4 heteroatoms. The lowest BCUT2D eigenvalue weighted by atomic mass is 9.43. The third-order valence-electron chi connectivity index (χ3n) is 17.3. The van der Waals surface area contributed by atoms with Crippen LogP contribution in [0.1, 0.15) is 95.9 Å². The minimum atomic E-state index is -0.168. The summed E-state index contributed by atoms with van der Waals surface area (Å²) in [7, 11) is 0. The van der Waals surface area contributed by atoms with Crippen LogP contribution >= 0.6 is 0 Å². The number of furan rings is 2. The highest BCUT2D eigenvalue weighted by Gasteiger charge is 2.63. The summed E-state index contributed by atoms with van der Waals surface area (Å²) in [4.78, 5) is 4.73. The standard InChI is InChI=1S/C66H60N2O2/c1-64(2,3)42-17-21-48(22-18-42)67(46-13-9-7-10-14-46)50-25-27-52-55-30-29-54-53-31-32-57-60(61(53)66(62(54)63(55)70-58(52)38-50)44-34-40-33-41(36-44)37-45(66)35-40)56-28-26-51(39-59(56)69-57)68(47-15-11-8-12-16-47)49-23-19-43(20-24-49)65(4,5)6/h7-32,38-41,44-45H,33-37H2,1-6H3. The molecular formula is C66H60N2O2. The number of hydrogen-bond acceptors (Lipinski definition) is 4. The zero-order valence-electron chi connectivity index (χ0n) is 41.2. The van der Waals surface area contributed by atoms with E-state index in [0.29, 0.717) is 11.8 Å². The van der Waals surface area contributed by atoms with Gasteiger partial charge in [-0.3, -0.25) is 0 Å². The molecule has 5 aliphatic carbocycles. The summed E-state index contributed by atoms with van der Waals surface area (Å²) in [6, 6.07) is 63.0. The number of fused-ring (bicyclic) bond motifs is 11. The SMILES string of the molecule is CC(C)(C)c1ccc(N(c2ccccc2)c2ccc3c(c2)oc2c4c(ccc23)-c2ccc3oc5cc(N(c6ccccc6)c6ccc(C(C)(C)C)cc6)ccc5c3c2C42C3CC4CC(C3)CC2C4)cc1. The van der Waals surface area contributed by atoms with Gasteiger partial charge in [0.2, 0.25) is 0 Å². The topological polar surface area (TPSA) is 32.8 Å². The maximum absolute atomic E-state index is 7.46. The van der Waals surface area contributed by atoms with E-state index in [1.807, 2.05) is 0 Å². The van der Waals surface area contributed by atoms with Crippen LogP contribution in [0.3, 0.4) is 0 Å². The fourth-order valence-electron chi connectivity index (χ4n) is 14.4. The predicted octanol–water partition coefficient (Wildman–Crippen LogP) is 18.7. The molecule has 10 aromatic rings. The number of hydrogen-bond donors (Lipinski definition) is 0. The lowest BCUT2D eigenvalue weighted by Gasteiger charge is -2.61. The van der Waals surface area contributed by atoms with Crippen molar-refractivity contribution in [1.82, 2.24) is 0 Å². The van der Waals surface area contributed by atoms with Crippen LogP contribution in [-0.2, 0) is 16.2 Å². The zero-order valence-corrected chi connectivity index (χ0v) is 41.2. The van der Waals surface area contributed by atoms with E-state index >= 15 is 0 Å². The Kier molecular flexibility index (Phi) is 8.97. The number of benzene rings is 8. The fourth-order valence-corrected chi connectivity index (χ4v) is 14.4. The Labute approximate surface area is 411 Å². The molecule has 4 saturated carbocycles. The maximum Gasteiger partial charge on any atom is 0.140 e. The summed E-state index contributed by atoms with van der Waals surface area (Å²) in [5.41, 5.74) is 18.9. The minimum Gasteiger partial charge on any atom is -0.456 e. The summed E-state index contributed by atoms with van der Waals surface area (Å²) < 4.78 is 14.6. The van der Waals surface area contributed by atoms with Crippen molar-refractivity contribution >= 4 is 78.0 Å². The second kappa shape index (κ2) is 15.0. The number of para-hydroxylation sites is 2. The molecule has 4 fully saturated rings. The van der Waals surface area contributed by atoms with Gasteiger partial charge >= 0.3 is 0 Å². The van der Waals surface area contributed by atoms with Crippen LogP contribution in [0.25, 0.3) is 55.0 Å². The molecule has 5 aliphatic rings. The number of anilines is 6. The molecule has 70 heavy (non-hydrogen) atoms. The van der Waals surface area contributed by atoms with Crippen LogP contribution in [0.5, 0.6) is 0 Å². The van der Waals surface area contributed by atoms with E-state index < -0.39 is 0 Å². The highest BCUT2D eigenvalue weighted by Crippen LogP contribution is 2.71. The van der Waals surface area contributed by atoms with Crippen LogP contribution in [0.4, 0.5) is 34.1 Å². The Bertz CT molecular complexity index is 3650. The molecule has 0 N–H and O–H groups in total. The van der Waals surface area contributed by atoms with Crippen LogP contribution in [0.15, 0.2) is 179 Å². The van der Waals surface area contributed by atoms with Gasteiger partial charge in [0.05, 0.1) is 0 Å². The van der Waals surface area contributed by atoms with Crippen molar-refractivity contribution in [3.05, 3.63) is 192 Å². The van der Waals surface area contributed by atoms with E-state index in [1.54, 1.807) is 0 Å². The molecule has 2 aromatic heterocycles. The maximum atomic E-state index is 7.46. The van der Waals surface area contributed by atoms with Gasteiger partial charge in [0.25, 0.3) is 0 Å². The van der Waals surface area contributed by atoms with E-state index in [4.69, 9.17) is 8.83 Å². The average molecular weight is 913 g/mol. The molecule has 4 nitrogen and oxygen atoms in total. The van der Waals surface area contributed by atoms with Gasteiger partial charge in [-0.15, -0.1) is 0 Å². The number of nitrogens with zero attached hydrogens (tertiary/aromatic N) is 2. The highest BCUT2D eigenvalue weighted by atomic mass is 16.3. The molecule has 1 spiro atoms. The summed E-state index contributed by atoms with van der Waals surface area (Å²) >= 11 is 0. The Morgan fingerprint density at radius 3 is 1.37 bits per heavy atom. The molecular weight excluding hydrogens is 853 g/mol. The lowest BCUT2D eigenvalue weighted by Crippen LogP contribution is -2.55. The monoisotopic (exact) mass is 912 g/mol. The Balaban J connectivity index is 0.948. The van der Waals surface area contributed by atoms with Crippen molar-refractivity contribution in [1.29, 1.82) is 0 Å². The first-order chi connectivity index (χ1) is 33.9. The Hall–Kier alpha value is -7.04. The second-order valence-corrected chi connectivity index (χ2v) is 23.4. The fraction of sp³-hybridized carbons (Fsp3) is 0.273. The summed E-state index contributed by atoms with van der Waals surface area (Å²) in [5.74, 6) is 2.71. The quantitative estimate of drug-likeness (QED) is 0.166.